The summed E-state index contributed by atoms with van der Waals surface area (Å²) in [5, 5.41) is 19.2. The Morgan fingerprint density at radius 2 is 2.04 bits per heavy atom. The Morgan fingerprint density at radius 3 is 2.78 bits per heavy atom. The van der Waals surface area contributed by atoms with E-state index in [1.54, 1.807) is 43.3 Å². The van der Waals surface area contributed by atoms with E-state index >= 15 is 0 Å². The monoisotopic (exact) mass is 348 g/mol. The van der Waals surface area contributed by atoms with E-state index in [1.807, 2.05) is 0 Å². The average Bonchev–Trinajstić information content (AvgIpc) is 2.90. The summed E-state index contributed by atoms with van der Waals surface area (Å²) in [7, 11) is 0. The van der Waals surface area contributed by atoms with Gasteiger partial charge in [0.2, 0.25) is 0 Å². The van der Waals surface area contributed by atoms with E-state index in [0.717, 1.165) is 10.9 Å². The van der Waals surface area contributed by atoms with Crippen LogP contribution in [0.1, 0.15) is 5.56 Å². The lowest BCUT2D eigenvalue weighted by molar-refractivity contribution is 0.471. The Labute approximate surface area is 138 Å². The zero-order valence-electron chi connectivity index (χ0n) is 11.9. The molecule has 9 heteroatoms. The maximum Gasteiger partial charge on any atom is 0.259 e. The summed E-state index contributed by atoms with van der Waals surface area (Å²) in [5.41, 5.74) is 2.57. The molecular weight excluding hydrogens is 336 g/mol. The smallest absolute Gasteiger partial charge is 0.259 e. The number of fused-ring (bicyclic) bond motifs is 1. The molecule has 0 aliphatic heterocycles. The van der Waals surface area contributed by atoms with Crippen molar-refractivity contribution in [2.24, 2.45) is 10.2 Å². The molecule has 0 saturated heterocycles. The number of aromatic nitrogens is 1. The molecule has 0 saturated carbocycles. The number of azo groups is 1. The van der Waals surface area contributed by atoms with Crippen molar-refractivity contribution in [3.8, 4) is 5.75 Å². The van der Waals surface area contributed by atoms with Gasteiger partial charge in [0, 0.05) is 11.1 Å². The minimum atomic E-state index is -2.14. The van der Waals surface area contributed by atoms with Gasteiger partial charge in [-0.2, -0.15) is 4.37 Å². The number of nitrogens with zero attached hydrogens (tertiary/aromatic N) is 3. The van der Waals surface area contributed by atoms with Gasteiger partial charge in [0.05, 0.1) is 11.2 Å². The molecule has 2 aromatic carbocycles. The Balaban J connectivity index is 1.94. The van der Waals surface area contributed by atoms with E-state index in [-0.39, 0.29) is 5.75 Å². The molecule has 0 aliphatic rings. The zero-order valence-corrected chi connectivity index (χ0v) is 13.6. The van der Waals surface area contributed by atoms with Gasteiger partial charge in [-0.1, -0.05) is 0 Å². The van der Waals surface area contributed by atoms with Crippen molar-refractivity contribution in [1.29, 1.82) is 0 Å². The molecule has 1 atom stereocenters. The topological polar surface area (TPSA) is 107 Å². The Hall–Kier alpha value is -2.36. The SMILES string of the molecule is Cc1cc(N=Nc2snc3ccc(NS(=O)O)cc23)ccc1O. The molecule has 0 amide bonds. The van der Waals surface area contributed by atoms with E-state index < -0.39 is 11.3 Å². The van der Waals surface area contributed by atoms with Crippen LogP contribution in [0.25, 0.3) is 10.9 Å². The number of aromatic hydroxyl groups is 1. The third-order valence-corrected chi connectivity index (χ3v) is 4.27. The number of rotatable bonds is 4. The quantitative estimate of drug-likeness (QED) is 0.483. The third-order valence-electron chi connectivity index (χ3n) is 3.10. The molecule has 3 rings (SSSR count). The Morgan fingerprint density at radius 1 is 1.22 bits per heavy atom. The second-order valence-corrected chi connectivity index (χ2v) is 6.20. The first-order valence-corrected chi connectivity index (χ1v) is 8.39. The fraction of sp³-hybridized carbons (Fsp3) is 0.0714. The number of benzene rings is 2. The zero-order chi connectivity index (χ0) is 16.4. The number of hydrogen-bond acceptors (Lipinski definition) is 6. The van der Waals surface area contributed by atoms with Crippen molar-refractivity contribution in [2.75, 3.05) is 4.72 Å². The molecule has 3 N–H and O–H groups in total. The van der Waals surface area contributed by atoms with E-state index in [0.29, 0.717) is 21.9 Å². The lowest BCUT2D eigenvalue weighted by Gasteiger charge is -2.00. The Kier molecular flexibility index (Phi) is 4.33. The maximum atomic E-state index is 10.8. The minimum absolute atomic E-state index is 0.208. The van der Waals surface area contributed by atoms with Crippen LogP contribution in [-0.2, 0) is 11.3 Å². The molecule has 0 bridgehead atoms. The number of phenols is 1. The van der Waals surface area contributed by atoms with Crippen LogP contribution < -0.4 is 4.72 Å². The summed E-state index contributed by atoms with van der Waals surface area (Å²) in [6.07, 6.45) is 0. The van der Waals surface area contributed by atoms with Gasteiger partial charge >= 0.3 is 0 Å². The lowest BCUT2D eigenvalue weighted by atomic mass is 10.2. The van der Waals surface area contributed by atoms with Crippen LogP contribution in [0, 0.1) is 6.92 Å². The third kappa shape index (κ3) is 3.52. The standard InChI is InChI=1S/C14H12N4O3S2/c1-8-6-9(3-5-13(8)19)15-16-14-11-7-10(18-23(20)21)2-4-12(11)17-22-14/h2-7,18-19H,1H3,(H,20,21). The number of hydrogen-bond donors (Lipinski definition) is 3. The van der Waals surface area contributed by atoms with Crippen molar-refractivity contribution in [1.82, 2.24) is 4.37 Å². The van der Waals surface area contributed by atoms with Gasteiger partial charge in [-0.25, -0.2) is 4.21 Å². The first-order chi connectivity index (χ1) is 11.0. The summed E-state index contributed by atoms with van der Waals surface area (Å²) in [5.74, 6) is 0.208. The Bertz CT molecular complexity index is 924. The predicted molar refractivity (Wildman–Crippen MR) is 91.0 cm³/mol. The summed E-state index contributed by atoms with van der Waals surface area (Å²) in [4.78, 5) is 0. The van der Waals surface area contributed by atoms with Crippen molar-refractivity contribution >= 4 is 50.1 Å². The molecule has 3 aromatic rings. The van der Waals surface area contributed by atoms with Gasteiger partial charge < -0.3 is 5.11 Å². The van der Waals surface area contributed by atoms with E-state index in [1.165, 1.54) is 11.5 Å². The van der Waals surface area contributed by atoms with Crippen LogP contribution >= 0.6 is 11.5 Å². The lowest BCUT2D eigenvalue weighted by Crippen LogP contribution is -2.01. The highest BCUT2D eigenvalue weighted by atomic mass is 32.2. The summed E-state index contributed by atoms with van der Waals surface area (Å²) < 4.78 is 26.4. The van der Waals surface area contributed by atoms with Crippen molar-refractivity contribution < 1.29 is 13.9 Å². The molecule has 1 heterocycles. The highest BCUT2D eigenvalue weighted by Crippen LogP contribution is 2.34. The maximum absolute atomic E-state index is 10.8. The van der Waals surface area contributed by atoms with Crippen LogP contribution in [0.5, 0.6) is 5.75 Å². The second kappa shape index (κ2) is 6.41. The average molecular weight is 348 g/mol. The first kappa shape index (κ1) is 15.5. The summed E-state index contributed by atoms with van der Waals surface area (Å²) in [6.45, 7) is 1.78. The van der Waals surface area contributed by atoms with Crippen LogP contribution in [0.3, 0.4) is 0 Å². The number of nitrogens with one attached hydrogen (secondary N) is 1. The summed E-state index contributed by atoms with van der Waals surface area (Å²) in [6, 6.07) is 10.1. The van der Waals surface area contributed by atoms with Crippen LogP contribution in [0.15, 0.2) is 46.6 Å². The molecule has 0 spiro atoms. The van der Waals surface area contributed by atoms with Gasteiger partial charge in [0.1, 0.15) is 5.75 Å². The van der Waals surface area contributed by atoms with Gasteiger partial charge in [0.25, 0.3) is 11.3 Å². The summed E-state index contributed by atoms with van der Waals surface area (Å²) >= 11 is -0.946. The molecule has 1 aromatic heterocycles. The van der Waals surface area contributed by atoms with E-state index in [9.17, 15) is 9.32 Å². The molecule has 7 nitrogen and oxygen atoms in total. The fourth-order valence-corrected chi connectivity index (χ4v) is 2.98. The van der Waals surface area contributed by atoms with Gasteiger partial charge in [0.15, 0.2) is 5.00 Å². The number of anilines is 1. The van der Waals surface area contributed by atoms with Crippen molar-refractivity contribution in [3.63, 3.8) is 0 Å². The molecule has 0 fully saturated rings. The number of phenolic OH excluding ortho intramolecular Hbond substituents is 1. The fourth-order valence-electron chi connectivity index (χ4n) is 1.97. The van der Waals surface area contributed by atoms with Gasteiger partial charge in [-0.05, 0) is 60.4 Å². The molecule has 118 valence electrons. The minimum Gasteiger partial charge on any atom is -0.508 e. The number of aryl methyl sites for hydroxylation is 1. The van der Waals surface area contributed by atoms with Crippen LogP contribution in [0.4, 0.5) is 16.4 Å². The molecular formula is C14H12N4O3S2. The highest BCUT2D eigenvalue weighted by molar-refractivity contribution is 7.80. The second-order valence-electron chi connectivity index (χ2n) is 4.74. The predicted octanol–water partition coefficient (Wildman–Crippen LogP) is 4.27. The van der Waals surface area contributed by atoms with Gasteiger partial charge in [-0.15, -0.1) is 10.2 Å². The van der Waals surface area contributed by atoms with Crippen LogP contribution in [0.2, 0.25) is 0 Å². The largest absolute Gasteiger partial charge is 0.508 e. The molecule has 0 radical (unpaired) electrons. The van der Waals surface area contributed by atoms with E-state index in [4.69, 9.17) is 4.55 Å². The van der Waals surface area contributed by atoms with Crippen LogP contribution in [-0.4, -0.2) is 18.2 Å². The molecule has 23 heavy (non-hydrogen) atoms. The van der Waals surface area contributed by atoms with Crippen molar-refractivity contribution in [3.05, 3.63) is 42.0 Å². The van der Waals surface area contributed by atoms with E-state index in [2.05, 4.69) is 19.3 Å². The molecule has 0 aliphatic carbocycles. The molecule has 1 unspecified atom stereocenters. The first-order valence-electron chi connectivity index (χ1n) is 6.51. The highest BCUT2D eigenvalue weighted by Gasteiger charge is 2.07. The normalized spacial score (nSPS) is 12.8. The van der Waals surface area contributed by atoms with Gasteiger partial charge in [-0.3, -0.25) is 9.27 Å². The van der Waals surface area contributed by atoms with Crippen molar-refractivity contribution in [2.45, 2.75) is 6.92 Å².